The summed E-state index contributed by atoms with van der Waals surface area (Å²) in [5.41, 5.74) is 0.795. The average molecular weight is 439 g/mol. The van der Waals surface area contributed by atoms with Crippen molar-refractivity contribution in [2.24, 2.45) is 0 Å². The molecule has 164 valence electrons. The summed E-state index contributed by atoms with van der Waals surface area (Å²) >= 11 is 0. The van der Waals surface area contributed by atoms with E-state index >= 15 is 0 Å². The number of carbonyl (C=O) groups is 1. The normalized spacial score (nSPS) is 14.1. The molecule has 1 N–H and O–H groups in total. The number of hydrogen-bond donors (Lipinski definition) is 1. The molecule has 0 radical (unpaired) electrons. The van der Waals surface area contributed by atoms with Crippen molar-refractivity contribution < 1.29 is 22.0 Å². The molecule has 0 saturated carbocycles. The van der Waals surface area contributed by atoms with Gasteiger partial charge in [0.1, 0.15) is 6.04 Å². The average Bonchev–Trinajstić information content (AvgIpc) is 2.63. The number of sulfonamides is 1. The Hall–Kier alpha value is -2.48. The smallest absolute Gasteiger partial charge is 0.243 e. The predicted molar refractivity (Wildman–Crippen MR) is 115 cm³/mol. The van der Waals surface area contributed by atoms with E-state index in [0.29, 0.717) is 6.42 Å². The summed E-state index contributed by atoms with van der Waals surface area (Å²) in [5, 5.41) is 2.84. The zero-order valence-electron chi connectivity index (χ0n) is 17.8. The van der Waals surface area contributed by atoms with E-state index in [1.165, 1.54) is 6.92 Å². The van der Waals surface area contributed by atoms with Gasteiger partial charge in [-0.15, -0.1) is 0 Å². The number of anilines is 1. The summed E-state index contributed by atoms with van der Waals surface area (Å²) < 4.78 is 52.3. The number of amides is 1. The highest BCUT2D eigenvalue weighted by molar-refractivity contribution is 7.92. The van der Waals surface area contributed by atoms with E-state index in [1.54, 1.807) is 0 Å². The fourth-order valence-corrected chi connectivity index (χ4v) is 4.78. The third kappa shape index (κ3) is 5.78. The molecule has 5 nitrogen and oxygen atoms in total. The predicted octanol–water partition coefficient (Wildman–Crippen LogP) is 3.99. The Labute approximate surface area is 177 Å². The molecule has 0 aliphatic carbocycles. The minimum Gasteiger partial charge on any atom is -0.352 e. The molecule has 0 saturated heterocycles. The maximum absolute atomic E-state index is 13.7. The molecule has 0 aliphatic heterocycles. The van der Waals surface area contributed by atoms with Crippen LogP contribution in [0.25, 0.3) is 0 Å². The van der Waals surface area contributed by atoms with E-state index in [4.69, 9.17) is 0 Å². The summed E-state index contributed by atoms with van der Waals surface area (Å²) in [7, 11) is -3.92. The van der Waals surface area contributed by atoms with Crippen LogP contribution in [0, 0.1) is 11.6 Å². The van der Waals surface area contributed by atoms with E-state index in [-0.39, 0.29) is 17.1 Å². The zero-order chi connectivity index (χ0) is 22.7. The second-order valence-corrected chi connectivity index (χ2v) is 10.1. The van der Waals surface area contributed by atoms with Gasteiger partial charge in [-0.1, -0.05) is 44.2 Å². The summed E-state index contributed by atoms with van der Waals surface area (Å²) in [6.45, 7) is 7.39. The highest BCUT2D eigenvalue weighted by atomic mass is 32.2. The van der Waals surface area contributed by atoms with Crippen molar-refractivity contribution in [1.29, 1.82) is 0 Å². The van der Waals surface area contributed by atoms with E-state index in [9.17, 15) is 22.0 Å². The topological polar surface area (TPSA) is 66.5 Å². The quantitative estimate of drug-likeness (QED) is 0.678. The largest absolute Gasteiger partial charge is 0.352 e. The SMILES string of the molecule is CC(CC(C)(C)c1ccccc1)NC(=O)C(C)N(c1ccc(F)c(F)c1)S(C)(=O)=O. The van der Waals surface area contributed by atoms with Gasteiger partial charge in [-0.3, -0.25) is 9.10 Å². The highest BCUT2D eigenvalue weighted by Crippen LogP contribution is 2.28. The molecule has 2 unspecified atom stereocenters. The number of hydrogen-bond acceptors (Lipinski definition) is 3. The van der Waals surface area contributed by atoms with Crippen molar-refractivity contribution in [1.82, 2.24) is 5.32 Å². The molecule has 0 spiro atoms. The summed E-state index contributed by atoms with van der Waals surface area (Å²) in [6, 6.07) is 11.2. The van der Waals surface area contributed by atoms with Crippen LogP contribution in [0.2, 0.25) is 0 Å². The second-order valence-electron chi connectivity index (χ2n) is 8.20. The first-order valence-corrected chi connectivity index (χ1v) is 11.5. The van der Waals surface area contributed by atoms with Gasteiger partial charge >= 0.3 is 0 Å². The maximum Gasteiger partial charge on any atom is 0.243 e. The second kappa shape index (κ2) is 9.12. The molecule has 0 aliphatic rings. The minimum atomic E-state index is -3.92. The molecule has 30 heavy (non-hydrogen) atoms. The van der Waals surface area contributed by atoms with E-state index in [2.05, 4.69) is 19.2 Å². The number of nitrogens with zero attached hydrogens (tertiary/aromatic N) is 1. The monoisotopic (exact) mass is 438 g/mol. The lowest BCUT2D eigenvalue weighted by atomic mass is 9.79. The Morgan fingerprint density at radius 3 is 2.20 bits per heavy atom. The summed E-state index contributed by atoms with van der Waals surface area (Å²) in [4.78, 5) is 12.8. The molecule has 2 atom stereocenters. The molecule has 2 rings (SSSR count). The van der Waals surface area contributed by atoms with Gasteiger partial charge in [0.25, 0.3) is 0 Å². The van der Waals surface area contributed by atoms with Crippen LogP contribution < -0.4 is 9.62 Å². The Bertz CT molecular complexity index is 995. The summed E-state index contributed by atoms with van der Waals surface area (Å²) in [6.07, 6.45) is 1.54. The van der Waals surface area contributed by atoms with Gasteiger partial charge in [0.15, 0.2) is 11.6 Å². The molecule has 2 aromatic rings. The Balaban J connectivity index is 2.18. The van der Waals surface area contributed by atoms with Crippen molar-refractivity contribution >= 4 is 21.6 Å². The van der Waals surface area contributed by atoms with Crippen molar-refractivity contribution in [3.63, 3.8) is 0 Å². The van der Waals surface area contributed by atoms with Crippen molar-refractivity contribution in [3.8, 4) is 0 Å². The lowest BCUT2D eigenvalue weighted by Crippen LogP contribution is -2.50. The van der Waals surface area contributed by atoms with Gasteiger partial charge in [-0.2, -0.15) is 0 Å². The molecule has 1 amide bonds. The van der Waals surface area contributed by atoms with Crippen LogP contribution in [0.3, 0.4) is 0 Å². The first-order valence-electron chi connectivity index (χ1n) is 9.63. The molecule has 8 heteroatoms. The van der Waals surface area contributed by atoms with Gasteiger partial charge in [0, 0.05) is 12.1 Å². The number of carbonyl (C=O) groups excluding carboxylic acids is 1. The number of rotatable bonds is 8. The van der Waals surface area contributed by atoms with E-state index < -0.39 is 33.6 Å². The summed E-state index contributed by atoms with van der Waals surface area (Å²) in [5.74, 6) is -2.81. The minimum absolute atomic E-state index is 0.115. The fourth-order valence-electron chi connectivity index (χ4n) is 3.62. The Morgan fingerprint density at radius 2 is 1.67 bits per heavy atom. The zero-order valence-corrected chi connectivity index (χ0v) is 18.6. The van der Waals surface area contributed by atoms with Crippen molar-refractivity contribution in [3.05, 3.63) is 65.7 Å². The Kier molecular flexibility index (Phi) is 7.23. The van der Waals surface area contributed by atoms with Gasteiger partial charge < -0.3 is 5.32 Å². The maximum atomic E-state index is 13.7. The number of nitrogens with one attached hydrogen (secondary N) is 1. The van der Waals surface area contributed by atoms with Crippen LogP contribution in [0.5, 0.6) is 0 Å². The van der Waals surface area contributed by atoms with Crippen LogP contribution in [0.1, 0.15) is 39.7 Å². The van der Waals surface area contributed by atoms with Crippen LogP contribution in [0.4, 0.5) is 14.5 Å². The molecule has 0 aromatic heterocycles. The van der Waals surface area contributed by atoms with Gasteiger partial charge in [0.05, 0.1) is 11.9 Å². The van der Waals surface area contributed by atoms with Gasteiger partial charge in [0.2, 0.25) is 15.9 Å². The number of benzene rings is 2. The fraction of sp³-hybridized carbons (Fsp3) is 0.409. The van der Waals surface area contributed by atoms with Crippen LogP contribution in [0.15, 0.2) is 48.5 Å². The standard InChI is InChI=1S/C22H28F2N2O3S/c1-15(14-22(3,4)17-9-7-6-8-10-17)25-21(27)16(2)26(30(5,28)29)18-11-12-19(23)20(24)13-18/h6-13,15-16H,14H2,1-5H3,(H,25,27). The van der Waals surface area contributed by atoms with Gasteiger partial charge in [-0.05, 0) is 43.4 Å². The highest BCUT2D eigenvalue weighted by Gasteiger charge is 2.31. The lowest BCUT2D eigenvalue weighted by Gasteiger charge is -2.32. The molecular formula is C22H28F2N2O3S. The third-order valence-electron chi connectivity index (χ3n) is 5.01. The molecule has 0 bridgehead atoms. The third-order valence-corrected chi connectivity index (χ3v) is 6.25. The molecule has 0 heterocycles. The van der Waals surface area contributed by atoms with E-state index in [0.717, 1.165) is 34.3 Å². The number of halogens is 2. The van der Waals surface area contributed by atoms with Crippen LogP contribution in [-0.2, 0) is 20.2 Å². The molecular weight excluding hydrogens is 410 g/mol. The molecule has 2 aromatic carbocycles. The van der Waals surface area contributed by atoms with Crippen molar-refractivity contribution in [2.75, 3.05) is 10.6 Å². The first-order chi connectivity index (χ1) is 13.8. The van der Waals surface area contributed by atoms with Crippen LogP contribution >= 0.6 is 0 Å². The van der Waals surface area contributed by atoms with Crippen LogP contribution in [-0.4, -0.2) is 32.7 Å². The van der Waals surface area contributed by atoms with Crippen molar-refractivity contribution in [2.45, 2.75) is 51.6 Å². The van der Waals surface area contributed by atoms with Gasteiger partial charge in [-0.25, -0.2) is 17.2 Å². The Morgan fingerprint density at radius 1 is 1.07 bits per heavy atom. The first kappa shape index (κ1) is 23.8. The lowest BCUT2D eigenvalue weighted by molar-refractivity contribution is -0.122. The molecule has 0 fully saturated rings. The van der Waals surface area contributed by atoms with E-state index in [1.807, 2.05) is 37.3 Å².